The first-order valence-corrected chi connectivity index (χ1v) is 5.86. The van der Waals surface area contributed by atoms with E-state index in [1.54, 1.807) is 6.07 Å². The number of aliphatic hydroxyl groups excluding tert-OH is 1. The molecule has 0 fully saturated rings. The predicted molar refractivity (Wildman–Crippen MR) is 67.9 cm³/mol. The van der Waals surface area contributed by atoms with Gasteiger partial charge in [-0.25, -0.2) is 4.79 Å². The van der Waals surface area contributed by atoms with Crippen LogP contribution in [0.1, 0.15) is 12.0 Å². The lowest BCUT2D eigenvalue weighted by molar-refractivity contribution is -0.146. The third-order valence-corrected chi connectivity index (χ3v) is 2.46. The van der Waals surface area contributed by atoms with E-state index >= 15 is 0 Å². The Bertz CT molecular complexity index is 446. The molecule has 0 spiro atoms. The van der Waals surface area contributed by atoms with Gasteiger partial charge in [-0.2, -0.15) is 0 Å². The highest BCUT2D eigenvalue weighted by Gasteiger charge is 2.13. The first kappa shape index (κ1) is 15.0. The molecule has 0 aliphatic heterocycles. The molecule has 3 N–H and O–H groups in total. The second kappa shape index (κ2) is 7.38. The first-order chi connectivity index (χ1) is 9.00. The quantitative estimate of drug-likeness (QED) is 0.661. The van der Waals surface area contributed by atoms with E-state index in [1.165, 1.54) is 0 Å². The fourth-order valence-electron chi connectivity index (χ4n) is 1.36. The van der Waals surface area contributed by atoms with Crippen molar-refractivity contribution in [3.05, 3.63) is 29.8 Å². The van der Waals surface area contributed by atoms with E-state index in [9.17, 15) is 9.59 Å². The van der Waals surface area contributed by atoms with Crippen LogP contribution in [0.3, 0.4) is 0 Å². The second-order valence-corrected chi connectivity index (χ2v) is 4.02. The van der Waals surface area contributed by atoms with Gasteiger partial charge in [0.15, 0.2) is 6.10 Å². The van der Waals surface area contributed by atoms with Crippen LogP contribution in [-0.2, 0) is 9.59 Å². The Kier molecular flexibility index (Phi) is 5.81. The topological polar surface area (TPSA) is 95.9 Å². The molecule has 1 rings (SSSR count). The Morgan fingerprint density at radius 1 is 1.37 bits per heavy atom. The maximum atomic E-state index is 11.4. The fraction of sp³-hybridized carbons (Fsp3) is 0.385. The number of aryl methyl sites for hydroxylation is 1. The van der Waals surface area contributed by atoms with Crippen molar-refractivity contribution in [1.82, 2.24) is 5.32 Å². The Balaban J connectivity index is 2.24. The highest BCUT2D eigenvalue weighted by molar-refractivity contribution is 5.78. The van der Waals surface area contributed by atoms with Crippen LogP contribution in [0.2, 0.25) is 0 Å². The highest BCUT2D eigenvalue weighted by atomic mass is 16.5. The Morgan fingerprint density at radius 2 is 2.05 bits per heavy atom. The van der Waals surface area contributed by atoms with Gasteiger partial charge < -0.3 is 20.3 Å². The van der Waals surface area contributed by atoms with Gasteiger partial charge in [-0.1, -0.05) is 18.2 Å². The summed E-state index contributed by atoms with van der Waals surface area (Å²) in [6.45, 7) is 1.79. The number of aliphatic hydroxyl groups is 1. The van der Waals surface area contributed by atoms with Crippen LogP contribution >= 0.6 is 0 Å². The summed E-state index contributed by atoms with van der Waals surface area (Å²) in [4.78, 5) is 21.7. The second-order valence-electron chi connectivity index (χ2n) is 4.02. The number of hydrogen-bond acceptors (Lipinski definition) is 4. The van der Waals surface area contributed by atoms with Gasteiger partial charge in [-0.05, 0) is 18.6 Å². The number of carboxylic acid groups (broad SMARTS) is 1. The summed E-state index contributed by atoms with van der Waals surface area (Å²) in [6.07, 6.45) is -1.48. The number of rotatable bonds is 7. The molecule has 1 atom stereocenters. The molecule has 19 heavy (non-hydrogen) atoms. The van der Waals surface area contributed by atoms with Gasteiger partial charge in [-0.15, -0.1) is 0 Å². The fourth-order valence-corrected chi connectivity index (χ4v) is 1.36. The van der Waals surface area contributed by atoms with E-state index in [0.717, 1.165) is 5.56 Å². The summed E-state index contributed by atoms with van der Waals surface area (Å²) in [5.41, 5.74) is 0.976. The van der Waals surface area contributed by atoms with Crippen LogP contribution in [0.4, 0.5) is 0 Å². The van der Waals surface area contributed by atoms with Gasteiger partial charge in [0.05, 0.1) is 19.6 Å². The summed E-state index contributed by atoms with van der Waals surface area (Å²) in [5.74, 6) is -1.02. The molecule has 6 heteroatoms. The Labute approximate surface area is 111 Å². The summed E-state index contributed by atoms with van der Waals surface area (Å²) < 4.78 is 5.42. The number of carboxylic acids is 1. The molecular formula is C13H17NO5. The molecule has 0 aliphatic carbocycles. The van der Waals surface area contributed by atoms with Gasteiger partial charge >= 0.3 is 5.97 Å². The number of ether oxygens (including phenoxy) is 1. The number of carbonyl (C=O) groups excluding carboxylic acids is 1. The molecule has 0 saturated heterocycles. The normalized spacial score (nSPS) is 11.7. The molecule has 0 radical (unpaired) electrons. The van der Waals surface area contributed by atoms with Gasteiger partial charge in [0.2, 0.25) is 5.91 Å². The van der Waals surface area contributed by atoms with Gasteiger partial charge in [0, 0.05) is 0 Å². The number of aliphatic carboxylic acids is 1. The largest absolute Gasteiger partial charge is 0.493 e. The third kappa shape index (κ3) is 5.39. The van der Waals surface area contributed by atoms with Gasteiger partial charge in [0.25, 0.3) is 0 Å². The predicted octanol–water partition coefficient (Wildman–Crippen LogP) is 0.326. The number of nitrogens with one attached hydrogen (secondary N) is 1. The molecule has 6 nitrogen and oxygen atoms in total. The maximum Gasteiger partial charge on any atom is 0.334 e. The first-order valence-electron chi connectivity index (χ1n) is 5.86. The summed E-state index contributed by atoms with van der Waals surface area (Å²) in [6, 6.07) is 7.44. The van der Waals surface area contributed by atoms with Crippen LogP contribution in [0, 0.1) is 6.92 Å². The number of benzene rings is 1. The lowest BCUT2D eigenvalue weighted by Gasteiger charge is -2.10. The lowest BCUT2D eigenvalue weighted by Crippen LogP contribution is -2.36. The molecule has 1 amide bonds. The number of para-hydroxylation sites is 1. The smallest absolute Gasteiger partial charge is 0.334 e. The Hall–Kier alpha value is -2.08. The molecule has 1 aromatic carbocycles. The molecule has 0 aromatic heterocycles. The molecule has 0 bridgehead atoms. The minimum Gasteiger partial charge on any atom is -0.493 e. The van der Waals surface area contributed by atoms with E-state index in [4.69, 9.17) is 14.9 Å². The summed E-state index contributed by atoms with van der Waals surface area (Å²) in [7, 11) is 0. The summed E-state index contributed by atoms with van der Waals surface area (Å²) in [5, 5.41) is 19.7. The van der Waals surface area contributed by atoms with Crippen LogP contribution < -0.4 is 10.1 Å². The van der Waals surface area contributed by atoms with Crippen molar-refractivity contribution in [2.75, 3.05) is 13.2 Å². The standard InChI is InChI=1S/C13H17NO5/c1-9-4-2-3-5-11(9)19-7-6-12(16)14-8-10(15)13(17)18/h2-5,10,15H,6-8H2,1H3,(H,14,16)(H,17,18)/t10-/m0/s1. The van der Waals surface area contributed by atoms with Crippen LogP contribution in [0.25, 0.3) is 0 Å². The molecule has 0 unspecified atom stereocenters. The van der Waals surface area contributed by atoms with E-state index in [1.807, 2.05) is 25.1 Å². The monoisotopic (exact) mass is 267 g/mol. The highest BCUT2D eigenvalue weighted by Crippen LogP contribution is 2.15. The van der Waals surface area contributed by atoms with E-state index in [-0.39, 0.29) is 25.5 Å². The molecule has 0 heterocycles. The van der Waals surface area contributed by atoms with Crippen LogP contribution in [-0.4, -0.2) is 41.3 Å². The summed E-state index contributed by atoms with van der Waals surface area (Å²) >= 11 is 0. The zero-order valence-electron chi connectivity index (χ0n) is 10.6. The zero-order valence-corrected chi connectivity index (χ0v) is 10.6. The van der Waals surface area contributed by atoms with Crippen LogP contribution in [0.5, 0.6) is 5.75 Å². The van der Waals surface area contributed by atoms with Gasteiger partial charge in [0.1, 0.15) is 5.75 Å². The maximum absolute atomic E-state index is 11.4. The van der Waals surface area contributed by atoms with Crippen molar-refractivity contribution in [2.24, 2.45) is 0 Å². The minimum atomic E-state index is -1.58. The molecule has 104 valence electrons. The van der Waals surface area contributed by atoms with E-state index in [2.05, 4.69) is 5.32 Å². The number of amides is 1. The average Bonchev–Trinajstić information content (AvgIpc) is 2.38. The van der Waals surface area contributed by atoms with Crippen molar-refractivity contribution < 1.29 is 24.5 Å². The third-order valence-electron chi connectivity index (χ3n) is 2.46. The van der Waals surface area contributed by atoms with Crippen molar-refractivity contribution in [3.8, 4) is 5.75 Å². The van der Waals surface area contributed by atoms with Crippen molar-refractivity contribution >= 4 is 11.9 Å². The van der Waals surface area contributed by atoms with Gasteiger partial charge in [-0.3, -0.25) is 4.79 Å². The average molecular weight is 267 g/mol. The van der Waals surface area contributed by atoms with Crippen molar-refractivity contribution in [1.29, 1.82) is 0 Å². The molecule has 0 aliphatic rings. The van der Waals surface area contributed by atoms with Crippen molar-refractivity contribution in [2.45, 2.75) is 19.4 Å². The molecule has 1 aromatic rings. The van der Waals surface area contributed by atoms with E-state index < -0.39 is 12.1 Å². The molecule has 0 saturated carbocycles. The molecular weight excluding hydrogens is 250 g/mol. The minimum absolute atomic E-state index is 0.0979. The number of hydrogen-bond donors (Lipinski definition) is 3. The van der Waals surface area contributed by atoms with Crippen LogP contribution in [0.15, 0.2) is 24.3 Å². The lowest BCUT2D eigenvalue weighted by atomic mass is 10.2. The zero-order chi connectivity index (χ0) is 14.3. The van der Waals surface area contributed by atoms with Crippen molar-refractivity contribution in [3.63, 3.8) is 0 Å². The SMILES string of the molecule is Cc1ccccc1OCCC(=O)NC[C@H](O)C(=O)O. The number of carbonyl (C=O) groups is 2. The Morgan fingerprint density at radius 3 is 2.68 bits per heavy atom. The van der Waals surface area contributed by atoms with E-state index in [0.29, 0.717) is 5.75 Å².